The molecule has 0 heterocycles. The largest absolute Gasteiger partial charge is 0.153 e. The molecular formula is C17H18S3. The molecule has 0 saturated heterocycles. The van der Waals surface area contributed by atoms with Crippen molar-refractivity contribution in [3.8, 4) is 0 Å². The van der Waals surface area contributed by atoms with Crippen LogP contribution in [0.15, 0.2) is 72.1 Å². The Hall–Kier alpha value is -0.770. The zero-order valence-corrected chi connectivity index (χ0v) is 13.8. The minimum atomic E-state index is 1.01. The smallest absolute Gasteiger partial charge is 0.0292 e. The molecule has 0 spiro atoms. The van der Waals surface area contributed by atoms with Crippen LogP contribution in [0.3, 0.4) is 0 Å². The molecule has 0 radical (unpaired) electrons. The molecule has 0 saturated carbocycles. The van der Waals surface area contributed by atoms with Gasteiger partial charge in [-0.2, -0.15) is 11.8 Å². The molecule has 0 aliphatic heterocycles. The molecule has 2 aromatic rings. The van der Waals surface area contributed by atoms with Crippen molar-refractivity contribution in [3.63, 3.8) is 0 Å². The van der Waals surface area contributed by atoms with Crippen LogP contribution < -0.4 is 0 Å². The summed E-state index contributed by atoms with van der Waals surface area (Å²) in [5.41, 5.74) is 2.80. The average Bonchev–Trinajstić information content (AvgIpc) is 2.50. The van der Waals surface area contributed by atoms with Crippen molar-refractivity contribution in [2.24, 2.45) is 0 Å². The van der Waals surface area contributed by atoms with Crippen LogP contribution >= 0.6 is 33.3 Å². The third kappa shape index (κ3) is 5.31. The summed E-state index contributed by atoms with van der Waals surface area (Å²) in [4.78, 5) is 1.38. The van der Waals surface area contributed by atoms with Gasteiger partial charge in [0.05, 0.1) is 0 Å². The van der Waals surface area contributed by atoms with E-state index in [1.807, 2.05) is 39.4 Å². The second-order valence-corrected chi connectivity index (χ2v) is 7.61. The highest BCUT2D eigenvalue weighted by Crippen LogP contribution is 2.36. The summed E-state index contributed by atoms with van der Waals surface area (Å²) >= 11 is 1.91. The van der Waals surface area contributed by atoms with Gasteiger partial charge in [0.1, 0.15) is 0 Å². The molecule has 2 rings (SSSR count). The third-order valence-electron chi connectivity index (χ3n) is 2.68. The van der Waals surface area contributed by atoms with Gasteiger partial charge in [-0.25, -0.2) is 0 Å². The second kappa shape index (κ2) is 9.22. The number of hydrogen-bond acceptors (Lipinski definition) is 3. The Labute approximate surface area is 133 Å². The summed E-state index contributed by atoms with van der Waals surface area (Å²) in [7, 11) is 3.78. The first kappa shape index (κ1) is 15.6. The number of benzene rings is 2. The van der Waals surface area contributed by atoms with E-state index in [1.54, 1.807) is 0 Å². The molecule has 0 N–H and O–H groups in total. The van der Waals surface area contributed by atoms with Crippen LogP contribution in [0.4, 0.5) is 0 Å². The fraction of sp³-hybridized carbons (Fsp3) is 0.176. The van der Waals surface area contributed by atoms with Crippen molar-refractivity contribution >= 4 is 33.3 Å². The fourth-order valence-electron chi connectivity index (χ4n) is 1.69. The van der Waals surface area contributed by atoms with Gasteiger partial charge in [0.15, 0.2) is 0 Å². The lowest BCUT2D eigenvalue weighted by Gasteiger charge is -2.08. The van der Waals surface area contributed by atoms with Crippen molar-refractivity contribution in [3.05, 3.63) is 78.4 Å². The van der Waals surface area contributed by atoms with E-state index < -0.39 is 0 Å². The van der Waals surface area contributed by atoms with Crippen LogP contribution in [0, 0.1) is 0 Å². The fourth-order valence-corrected chi connectivity index (χ4v) is 4.89. The number of hydrogen-bond donors (Lipinski definition) is 0. The van der Waals surface area contributed by atoms with Crippen molar-refractivity contribution in [2.75, 3.05) is 5.75 Å². The van der Waals surface area contributed by atoms with Gasteiger partial charge >= 0.3 is 0 Å². The molecule has 0 nitrogen and oxygen atoms in total. The predicted molar refractivity (Wildman–Crippen MR) is 96.4 cm³/mol. The molecule has 104 valence electrons. The summed E-state index contributed by atoms with van der Waals surface area (Å²) in [6, 6.07) is 19.3. The van der Waals surface area contributed by atoms with Crippen LogP contribution in [0.5, 0.6) is 0 Å². The molecule has 0 aromatic heterocycles. The lowest BCUT2D eigenvalue weighted by Crippen LogP contribution is -1.85. The molecule has 3 heteroatoms. The number of thioether (sulfide) groups is 1. The van der Waals surface area contributed by atoms with Gasteiger partial charge in [0.2, 0.25) is 0 Å². The standard InChI is InChI=1S/C17H18S3/c1-2-12-18-14-16-10-6-7-11-17(16)20-19-13-15-8-4-3-5-9-15/h2-11H,1,12-14H2. The first-order valence-corrected chi connectivity index (χ1v) is 9.97. The molecule has 0 aliphatic rings. The topological polar surface area (TPSA) is 0 Å². The van der Waals surface area contributed by atoms with Gasteiger partial charge in [-0.3, -0.25) is 0 Å². The molecule has 2 aromatic carbocycles. The first-order valence-electron chi connectivity index (χ1n) is 6.50. The SMILES string of the molecule is C=CCSCc1ccccc1SSCc1ccccc1. The molecule has 0 fully saturated rings. The minimum Gasteiger partial charge on any atom is -0.153 e. The van der Waals surface area contributed by atoms with Gasteiger partial charge in [0, 0.05) is 22.2 Å². The minimum absolute atomic E-state index is 1.01. The Morgan fingerprint density at radius 3 is 2.45 bits per heavy atom. The predicted octanol–water partition coefficient (Wildman–Crippen LogP) is 6.05. The van der Waals surface area contributed by atoms with Crippen LogP contribution in [-0.2, 0) is 11.5 Å². The lowest BCUT2D eigenvalue weighted by molar-refractivity contribution is 1.27. The van der Waals surface area contributed by atoms with E-state index in [0.717, 1.165) is 17.3 Å². The highest BCUT2D eigenvalue weighted by molar-refractivity contribution is 8.76. The van der Waals surface area contributed by atoms with Crippen molar-refractivity contribution in [1.29, 1.82) is 0 Å². The summed E-state index contributed by atoms with van der Waals surface area (Å²) in [6.07, 6.45) is 1.96. The monoisotopic (exact) mass is 318 g/mol. The zero-order chi connectivity index (χ0) is 14.0. The molecule has 0 aliphatic carbocycles. The van der Waals surface area contributed by atoms with E-state index in [4.69, 9.17) is 0 Å². The van der Waals surface area contributed by atoms with Crippen LogP contribution in [0.2, 0.25) is 0 Å². The van der Waals surface area contributed by atoms with E-state index in [0.29, 0.717) is 0 Å². The van der Waals surface area contributed by atoms with Gasteiger partial charge < -0.3 is 0 Å². The van der Waals surface area contributed by atoms with E-state index in [1.165, 1.54) is 16.0 Å². The van der Waals surface area contributed by atoms with Crippen molar-refractivity contribution in [2.45, 2.75) is 16.4 Å². The summed E-state index contributed by atoms with van der Waals surface area (Å²) in [5.74, 6) is 3.11. The molecule has 0 atom stereocenters. The molecule has 20 heavy (non-hydrogen) atoms. The maximum absolute atomic E-state index is 3.77. The second-order valence-electron chi connectivity index (χ2n) is 4.24. The molecular weight excluding hydrogens is 300 g/mol. The highest BCUT2D eigenvalue weighted by Gasteiger charge is 2.03. The first-order chi connectivity index (χ1) is 9.90. The highest BCUT2D eigenvalue weighted by atomic mass is 33.1. The summed E-state index contributed by atoms with van der Waals surface area (Å²) in [5, 5.41) is 0. The Kier molecular flexibility index (Phi) is 7.20. The third-order valence-corrected chi connectivity index (χ3v) is 6.06. The van der Waals surface area contributed by atoms with E-state index in [2.05, 4.69) is 61.2 Å². The molecule has 0 amide bonds. The van der Waals surface area contributed by atoms with Crippen LogP contribution in [-0.4, -0.2) is 5.75 Å². The quantitative estimate of drug-likeness (QED) is 0.330. The van der Waals surface area contributed by atoms with E-state index in [9.17, 15) is 0 Å². The Bertz CT molecular complexity index is 523. The molecule has 0 unspecified atom stereocenters. The molecule has 0 bridgehead atoms. The van der Waals surface area contributed by atoms with Gasteiger partial charge in [0.25, 0.3) is 0 Å². The van der Waals surface area contributed by atoms with Gasteiger partial charge in [-0.1, -0.05) is 76.2 Å². The summed E-state index contributed by atoms with van der Waals surface area (Å²) < 4.78 is 0. The summed E-state index contributed by atoms with van der Waals surface area (Å²) in [6.45, 7) is 3.77. The van der Waals surface area contributed by atoms with Crippen LogP contribution in [0.1, 0.15) is 11.1 Å². The Morgan fingerprint density at radius 2 is 1.65 bits per heavy atom. The normalized spacial score (nSPS) is 10.4. The van der Waals surface area contributed by atoms with Crippen LogP contribution in [0.25, 0.3) is 0 Å². The van der Waals surface area contributed by atoms with Crippen molar-refractivity contribution in [1.82, 2.24) is 0 Å². The Balaban J connectivity index is 1.87. The maximum atomic E-state index is 3.77. The maximum Gasteiger partial charge on any atom is 0.0292 e. The average molecular weight is 319 g/mol. The zero-order valence-electron chi connectivity index (χ0n) is 11.3. The van der Waals surface area contributed by atoms with Gasteiger partial charge in [-0.15, -0.1) is 6.58 Å². The lowest BCUT2D eigenvalue weighted by atomic mass is 10.2. The van der Waals surface area contributed by atoms with E-state index in [-0.39, 0.29) is 0 Å². The van der Waals surface area contributed by atoms with Gasteiger partial charge in [-0.05, 0) is 17.2 Å². The Morgan fingerprint density at radius 1 is 0.900 bits per heavy atom. The number of rotatable bonds is 8. The van der Waals surface area contributed by atoms with E-state index >= 15 is 0 Å². The van der Waals surface area contributed by atoms with Crippen molar-refractivity contribution < 1.29 is 0 Å².